The molecule has 0 fully saturated rings. The SMILES string of the molecule is N#Cc1ccc(Nc2nc(Oc3ccc(-c4ccc(C#N)cc4)c(F)c3)c3sccc3n2)cc1. The van der Waals surface area contributed by atoms with Gasteiger partial charge in [-0.2, -0.15) is 15.5 Å². The first-order valence-electron chi connectivity index (χ1n) is 10.1. The molecular formula is C26H14FN5OS. The smallest absolute Gasteiger partial charge is 0.242 e. The van der Waals surface area contributed by atoms with Crippen LogP contribution in [0.1, 0.15) is 11.1 Å². The van der Waals surface area contributed by atoms with Gasteiger partial charge in [0.05, 0.1) is 28.8 Å². The van der Waals surface area contributed by atoms with E-state index in [2.05, 4.69) is 27.4 Å². The number of aromatic nitrogens is 2. The van der Waals surface area contributed by atoms with Crippen molar-refractivity contribution in [1.82, 2.24) is 9.97 Å². The summed E-state index contributed by atoms with van der Waals surface area (Å²) in [4.78, 5) is 8.99. The summed E-state index contributed by atoms with van der Waals surface area (Å²) in [6.07, 6.45) is 0. The van der Waals surface area contributed by atoms with Crippen molar-refractivity contribution in [2.75, 3.05) is 5.32 Å². The lowest BCUT2D eigenvalue weighted by Crippen LogP contribution is -1.99. The molecule has 0 saturated carbocycles. The van der Waals surface area contributed by atoms with Crippen molar-refractivity contribution in [1.29, 1.82) is 10.5 Å². The maximum atomic E-state index is 14.9. The van der Waals surface area contributed by atoms with Gasteiger partial charge in [0.15, 0.2) is 0 Å². The number of ether oxygens (including phenoxy) is 1. The third kappa shape index (κ3) is 4.26. The van der Waals surface area contributed by atoms with Crippen LogP contribution < -0.4 is 10.1 Å². The van der Waals surface area contributed by atoms with Crippen molar-refractivity contribution in [2.24, 2.45) is 0 Å². The Morgan fingerprint density at radius 2 is 1.56 bits per heavy atom. The molecule has 0 spiro atoms. The van der Waals surface area contributed by atoms with Crippen LogP contribution in [0.2, 0.25) is 0 Å². The van der Waals surface area contributed by atoms with Gasteiger partial charge in [0.2, 0.25) is 11.8 Å². The normalized spacial score (nSPS) is 10.4. The molecule has 8 heteroatoms. The first kappa shape index (κ1) is 21.1. The molecule has 0 unspecified atom stereocenters. The number of halogens is 1. The average molecular weight is 463 g/mol. The van der Waals surface area contributed by atoms with Crippen LogP contribution in [0.4, 0.5) is 16.0 Å². The molecule has 2 aromatic heterocycles. The Morgan fingerprint density at radius 3 is 2.24 bits per heavy atom. The molecule has 0 aliphatic carbocycles. The van der Waals surface area contributed by atoms with Gasteiger partial charge < -0.3 is 10.1 Å². The van der Waals surface area contributed by atoms with Gasteiger partial charge in [-0.05, 0) is 65.5 Å². The Hall–Kier alpha value is -4.79. The molecule has 6 nitrogen and oxygen atoms in total. The zero-order valence-electron chi connectivity index (χ0n) is 17.5. The predicted molar refractivity (Wildman–Crippen MR) is 128 cm³/mol. The minimum absolute atomic E-state index is 0.299. The highest BCUT2D eigenvalue weighted by Gasteiger charge is 2.14. The monoisotopic (exact) mass is 463 g/mol. The summed E-state index contributed by atoms with van der Waals surface area (Å²) in [6, 6.07) is 24.2. The van der Waals surface area contributed by atoms with E-state index in [1.165, 1.54) is 17.4 Å². The largest absolute Gasteiger partial charge is 0.437 e. The number of benzene rings is 3. The van der Waals surface area contributed by atoms with Gasteiger partial charge in [-0.1, -0.05) is 12.1 Å². The Balaban J connectivity index is 1.43. The van der Waals surface area contributed by atoms with Crippen LogP contribution in [0.25, 0.3) is 21.3 Å². The maximum absolute atomic E-state index is 14.9. The molecule has 34 heavy (non-hydrogen) atoms. The van der Waals surface area contributed by atoms with Crippen molar-refractivity contribution in [3.05, 3.63) is 95.1 Å². The highest BCUT2D eigenvalue weighted by Crippen LogP contribution is 2.34. The molecule has 0 radical (unpaired) electrons. The van der Waals surface area contributed by atoms with E-state index in [1.54, 1.807) is 60.7 Å². The summed E-state index contributed by atoms with van der Waals surface area (Å²) in [5, 5.41) is 22.9. The van der Waals surface area contributed by atoms with Crippen LogP contribution >= 0.6 is 11.3 Å². The fraction of sp³-hybridized carbons (Fsp3) is 0. The van der Waals surface area contributed by atoms with Gasteiger partial charge in [0.1, 0.15) is 16.3 Å². The lowest BCUT2D eigenvalue weighted by Gasteiger charge is -2.11. The van der Waals surface area contributed by atoms with E-state index in [-0.39, 0.29) is 0 Å². The van der Waals surface area contributed by atoms with E-state index in [0.717, 1.165) is 10.4 Å². The van der Waals surface area contributed by atoms with Gasteiger partial charge in [-0.25, -0.2) is 9.37 Å². The summed E-state index contributed by atoms with van der Waals surface area (Å²) in [6.45, 7) is 0. The zero-order chi connectivity index (χ0) is 23.5. The highest BCUT2D eigenvalue weighted by atomic mass is 32.1. The number of hydrogen-bond donors (Lipinski definition) is 1. The second-order valence-corrected chi connectivity index (χ2v) is 8.15. The summed E-state index contributed by atoms with van der Waals surface area (Å²) >= 11 is 1.43. The number of rotatable bonds is 5. The second kappa shape index (κ2) is 8.99. The van der Waals surface area contributed by atoms with Crippen LogP contribution in [0.15, 0.2) is 78.2 Å². The van der Waals surface area contributed by atoms with E-state index in [4.69, 9.17) is 15.3 Å². The van der Waals surface area contributed by atoms with Crippen molar-refractivity contribution < 1.29 is 9.13 Å². The van der Waals surface area contributed by atoms with Crippen molar-refractivity contribution in [3.8, 4) is 34.9 Å². The molecule has 0 atom stereocenters. The van der Waals surface area contributed by atoms with Gasteiger partial charge in [-0.15, -0.1) is 11.3 Å². The van der Waals surface area contributed by atoms with Crippen LogP contribution in [0.5, 0.6) is 11.6 Å². The molecule has 5 aromatic rings. The Bertz CT molecular complexity index is 1580. The van der Waals surface area contributed by atoms with Gasteiger partial charge in [-0.3, -0.25) is 0 Å². The minimum atomic E-state index is -0.449. The number of nitrogens with zero attached hydrogens (tertiary/aromatic N) is 4. The van der Waals surface area contributed by atoms with Gasteiger partial charge >= 0.3 is 0 Å². The van der Waals surface area contributed by atoms with E-state index in [0.29, 0.717) is 45.3 Å². The molecule has 0 aliphatic rings. The molecule has 0 saturated heterocycles. The van der Waals surface area contributed by atoms with Crippen LogP contribution in [-0.4, -0.2) is 9.97 Å². The molecule has 0 aliphatic heterocycles. The lowest BCUT2D eigenvalue weighted by molar-refractivity contribution is 0.465. The first-order valence-corrected chi connectivity index (χ1v) is 11.0. The minimum Gasteiger partial charge on any atom is -0.437 e. The Morgan fingerprint density at radius 1 is 0.853 bits per heavy atom. The highest BCUT2D eigenvalue weighted by molar-refractivity contribution is 7.17. The number of anilines is 2. The number of nitrogens with one attached hydrogen (secondary N) is 1. The first-order chi connectivity index (χ1) is 16.6. The van der Waals surface area contributed by atoms with Crippen molar-refractivity contribution in [3.63, 3.8) is 0 Å². The fourth-order valence-corrected chi connectivity index (χ4v) is 4.10. The quantitative estimate of drug-likeness (QED) is 0.309. The third-order valence-electron chi connectivity index (χ3n) is 5.02. The topological polar surface area (TPSA) is 94.6 Å². The predicted octanol–water partition coefficient (Wildman–Crippen LogP) is 6.78. The molecule has 2 heterocycles. The van der Waals surface area contributed by atoms with Gasteiger partial charge in [0.25, 0.3) is 0 Å². The number of nitriles is 2. The molecule has 0 bridgehead atoms. The molecule has 0 amide bonds. The summed E-state index contributed by atoms with van der Waals surface area (Å²) < 4.78 is 21.6. The fourth-order valence-electron chi connectivity index (χ4n) is 3.35. The standard InChI is InChI=1S/C26H14FN5OS/c27-22-13-20(9-10-21(22)18-5-1-16(14-28)2-6-18)33-25-24-23(11-12-34-24)31-26(32-25)30-19-7-3-17(15-29)4-8-19/h1-13H,(H,30,31,32). The summed E-state index contributed by atoms with van der Waals surface area (Å²) in [5.74, 6) is 0.476. The van der Waals surface area contributed by atoms with E-state index in [9.17, 15) is 4.39 Å². The van der Waals surface area contributed by atoms with E-state index in [1.807, 2.05) is 11.4 Å². The van der Waals surface area contributed by atoms with E-state index >= 15 is 0 Å². The number of hydrogen-bond acceptors (Lipinski definition) is 7. The number of thiophene rings is 1. The summed E-state index contributed by atoms with van der Waals surface area (Å²) in [7, 11) is 0. The number of fused-ring (bicyclic) bond motifs is 1. The maximum Gasteiger partial charge on any atom is 0.242 e. The van der Waals surface area contributed by atoms with Crippen LogP contribution in [-0.2, 0) is 0 Å². The van der Waals surface area contributed by atoms with E-state index < -0.39 is 5.82 Å². The lowest BCUT2D eigenvalue weighted by atomic mass is 10.0. The second-order valence-electron chi connectivity index (χ2n) is 7.23. The Kier molecular flexibility index (Phi) is 5.57. The Labute approximate surface area is 198 Å². The van der Waals surface area contributed by atoms with Gasteiger partial charge in [0, 0.05) is 17.3 Å². The molecule has 162 valence electrons. The zero-order valence-corrected chi connectivity index (χ0v) is 18.3. The molecule has 3 aromatic carbocycles. The van der Waals surface area contributed by atoms with Crippen LogP contribution in [0.3, 0.4) is 0 Å². The third-order valence-corrected chi connectivity index (χ3v) is 5.91. The van der Waals surface area contributed by atoms with Crippen LogP contribution in [0, 0.1) is 28.5 Å². The molecule has 5 rings (SSSR count). The average Bonchev–Trinajstić information content (AvgIpc) is 3.34. The summed E-state index contributed by atoms with van der Waals surface area (Å²) in [5.41, 5.74) is 3.55. The molecule has 1 N–H and O–H groups in total. The van der Waals surface area contributed by atoms with Crippen molar-refractivity contribution >= 4 is 33.2 Å². The van der Waals surface area contributed by atoms with Crippen molar-refractivity contribution in [2.45, 2.75) is 0 Å². The molecular weight excluding hydrogens is 449 g/mol.